The third-order valence-corrected chi connectivity index (χ3v) is 5.01. The summed E-state index contributed by atoms with van der Waals surface area (Å²) in [6.45, 7) is 0. The van der Waals surface area contributed by atoms with E-state index in [0.717, 1.165) is 16.0 Å². The van der Waals surface area contributed by atoms with E-state index in [2.05, 4.69) is 0 Å². The lowest BCUT2D eigenvalue weighted by molar-refractivity contribution is 0.255. The van der Waals surface area contributed by atoms with Crippen LogP contribution >= 0.6 is 19.6 Å². The molecule has 0 heterocycles. The van der Waals surface area contributed by atoms with Crippen LogP contribution in [0.4, 0.5) is 0 Å². The first-order valence-electron chi connectivity index (χ1n) is 7.86. The minimum atomic E-state index is -4.73. The molecule has 0 aliphatic rings. The van der Waals surface area contributed by atoms with Gasteiger partial charge in [-0.15, -0.1) is 0 Å². The van der Waals surface area contributed by atoms with Gasteiger partial charge in [-0.2, -0.15) is 0 Å². The number of thioether (sulfide) groups is 1. The van der Waals surface area contributed by atoms with Crippen LogP contribution < -0.4 is 0 Å². The molecule has 3 rings (SSSR count). The van der Waals surface area contributed by atoms with Gasteiger partial charge < -0.3 is 4.52 Å². The Hall–Kier alpha value is -2.30. The highest BCUT2D eigenvalue weighted by Crippen LogP contribution is 2.47. The zero-order valence-corrected chi connectivity index (χ0v) is 15.4. The Kier molecular flexibility index (Phi) is 5.96. The second-order valence-electron chi connectivity index (χ2n) is 5.39. The van der Waals surface area contributed by atoms with Crippen LogP contribution in [0, 0.1) is 0 Å². The predicted octanol–water partition coefficient (Wildman–Crippen LogP) is 5.31. The summed E-state index contributed by atoms with van der Waals surface area (Å²) in [5.41, 5.74) is 2.25. The van der Waals surface area contributed by atoms with Crippen LogP contribution in [0.15, 0.2) is 101 Å². The normalized spacial score (nSPS) is 11.0. The fourth-order valence-electron chi connectivity index (χ4n) is 2.43. The molecule has 6 heteroatoms. The molecule has 0 aliphatic heterocycles. The van der Waals surface area contributed by atoms with Gasteiger partial charge >= 0.3 is 7.82 Å². The highest BCUT2D eigenvalue weighted by molar-refractivity contribution is 8.03. The summed E-state index contributed by atoms with van der Waals surface area (Å²) in [4.78, 5) is 19.7. The molecular formula is C20H17O4PS. The maximum Gasteiger partial charge on any atom is 0.525 e. The van der Waals surface area contributed by atoms with Crippen LogP contribution in [-0.2, 0) is 9.09 Å². The van der Waals surface area contributed by atoms with E-state index in [1.165, 1.54) is 11.8 Å². The monoisotopic (exact) mass is 384 g/mol. The van der Waals surface area contributed by atoms with E-state index in [1.54, 1.807) is 0 Å². The molecule has 0 aliphatic carbocycles. The topological polar surface area (TPSA) is 66.8 Å². The van der Waals surface area contributed by atoms with Crippen molar-refractivity contribution in [2.75, 3.05) is 0 Å². The second kappa shape index (κ2) is 8.39. The molecule has 3 aromatic rings. The van der Waals surface area contributed by atoms with Gasteiger partial charge in [-0.25, -0.2) is 4.57 Å². The van der Waals surface area contributed by atoms with Crippen LogP contribution in [0.3, 0.4) is 0 Å². The summed E-state index contributed by atoms with van der Waals surface area (Å²) < 4.78 is 16.7. The van der Waals surface area contributed by atoms with Crippen molar-refractivity contribution in [3.8, 4) is 0 Å². The first-order valence-corrected chi connectivity index (χ1v) is 10.2. The summed E-state index contributed by atoms with van der Waals surface area (Å²) in [6, 6.07) is 28.2. The molecule has 0 saturated heterocycles. The Balaban J connectivity index is 2.20. The first kappa shape index (κ1) is 18.5. The minimum absolute atomic E-state index is 0.155. The van der Waals surface area contributed by atoms with Crippen LogP contribution in [0.25, 0.3) is 5.57 Å². The van der Waals surface area contributed by atoms with Crippen LogP contribution in [0.5, 0.6) is 0 Å². The molecule has 2 N–H and O–H groups in total. The van der Waals surface area contributed by atoms with E-state index in [0.29, 0.717) is 5.57 Å². The standard InChI is InChI=1S/C20H17O4PS/c21-25(22,23)24-20(26-18-14-8-3-9-15-18)19(16-10-4-1-5-11-16)17-12-6-2-7-13-17/h1-15H,(H2,21,22,23). The molecule has 0 unspecified atom stereocenters. The largest absolute Gasteiger partial charge is 0.525 e. The molecule has 4 nitrogen and oxygen atoms in total. The SMILES string of the molecule is O=P(O)(O)OC(Sc1ccccc1)=C(c1ccccc1)c1ccccc1. The van der Waals surface area contributed by atoms with Crippen LogP contribution in [-0.4, -0.2) is 9.79 Å². The number of hydrogen-bond donors (Lipinski definition) is 2. The molecule has 0 bridgehead atoms. The van der Waals surface area contributed by atoms with Gasteiger partial charge in [0.05, 0.1) is 0 Å². The van der Waals surface area contributed by atoms with Crippen molar-refractivity contribution in [3.63, 3.8) is 0 Å². The van der Waals surface area contributed by atoms with Gasteiger partial charge in [0.25, 0.3) is 0 Å². The van der Waals surface area contributed by atoms with Gasteiger partial charge in [0.1, 0.15) is 0 Å². The second-order valence-corrected chi connectivity index (χ2v) is 7.60. The molecule has 0 spiro atoms. The lowest BCUT2D eigenvalue weighted by atomic mass is 9.99. The fourth-order valence-corrected chi connectivity index (χ4v) is 4.02. The summed E-state index contributed by atoms with van der Waals surface area (Å²) in [7, 11) is -4.73. The third-order valence-electron chi connectivity index (χ3n) is 3.48. The quantitative estimate of drug-likeness (QED) is 0.343. The molecule has 0 amide bonds. The van der Waals surface area contributed by atoms with Gasteiger partial charge in [0, 0.05) is 10.5 Å². The van der Waals surface area contributed by atoms with E-state index in [4.69, 9.17) is 4.52 Å². The number of rotatable bonds is 6. The minimum Gasteiger partial charge on any atom is -0.396 e. The molecular weight excluding hydrogens is 367 g/mol. The first-order chi connectivity index (χ1) is 12.5. The van der Waals surface area contributed by atoms with E-state index in [-0.39, 0.29) is 5.09 Å². The van der Waals surface area contributed by atoms with Crippen molar-refractivity contribution in [1.82, 2.24) is 0 Å². The van der Waals surface area contributed by atoms with Crippen molar-refractivity contribution in [2.45, 2.75) is 4.90 Å². The molecule has 0 atom stereocenters. The van der Waals surface area contributed by atoms with E-state index >= 15 is 0 Å². The van der Waals surface area contributed by atoms with E-state index in [9.17, 15) is 14.4 Å². The zero-order valence-electron chi connectivity index (χ0n) is 13.7. The Morgan fingerprint density at radius 2 is 1.15 bits per heavy atom. The number of phosphoric acid groups is 1. The zero-order chi connectivity index (χ0) is 18.4. The average Bonchev–Trinajstić information content (AvgIpc) is 2.63. The summed E-state index contributed by atoms with van der Waals surface area (Å²) in [5, 5.41) is 0.155. The Labute approximate surface area is 156 Å². The van der Waals surface area contributed by atoms with Crippen LogP contribution in [0.1, 0.15) is 11.1 Å². The lowest BCUT2D eigenvalue weighted by Gasteiger charge is -2.17. The van der Waals surface area contributed by atoms with Crippen LogP contribution in [0.2, 0.25) is 0 Å². The lowest BCUT2D eigenvalue weighted by Crippen LogP contribution is -1.96. The van der Waals surface area contributed by atoms with E-state index in [1.807, 2.05) is 91.0 Å². The van der Waals surface area contributed by atoms with Gasteiger partial charge in [-0.3, -0.25) is 9.79 Å². The van der Waals surface area contributed by atoms with Gasteiger partial charge in [0.2, 0.25) is 0 Å². The number of phosphoric ester groups is 1. The molecule has 26 heavy (non-hydrogen) atoms. The Morgan fingerprint density at radius 1 is 0.731 bits per heavy atom. The smallest absolute Gasteiger partial charge is 0.396 e. The van der Waals surface area contributed by atoms with Gasteiger partial charge in [-0.05, 0) is 23.3 Å². The molecule has 0 aromatic heterocycles. The fraction of sp³-hybridized carbons (Fsp3) is 0. The molecule has 0 saturated carbocycles. The van der Waals surface area contributed by atoms with Crippen molar-refractivity contribution in [2.24, 2.45) is 0 Å². The number of benzene rings is 3. The maximum atomic E-state index is 11.6. The molecule has 0 fully saturated rings. The summed E-state index contributed by atoms with van der Waals surface area (Å²) in [5.74, 6) is 0. The summed E-state index contributed by atoms with van der Waals surface area (Å²) in [6.07, 6.45) is 0. The maximum absolute atomic E-state index is 11.6. The highest BCUT2D eigenvalue weighted by atomic mass is 32.2. The van der Waals surface area contributed by atoms with Crippen molar-refractivity contribution < 1.29 is 18.9 Å². The van der Waals surface area contributed by atoms with Gasteiger partial charge in [0.15, 0.2) is 5.09 Å². The predicted molar refractivity (Wildman–Crippen MR) is 104 cm³/mol. The summed E-state index contributed by atoms with van der Waals surface area (Å²) >= 11 is 1.18. The molecule has 132 valence electrons. The number of hydrogen-bond acceptors (Lipinski definition) is 3. The Morgan fingerprint density at radius 3 is 1.58 bits per heavy atom. The average molecular weight is 384 g/mol. The molecule has 3 aromatic carbocycles. The molecule has 0 radical (unpaired) electrons. The highest BCUT2D eigenvalue weighted by Gasteiger charge is 2.23. The Bertz CT molecular complexity index is 880. The third kappa shape index (κ3) is 5.10. The van der Waals surface area contributed by atoms with Crippen molar-refractivity contribution >= 4 is 25.2 Å². The van der Waals surface area contributed by atoms with Gasteiger partial charge in [-0.1, -0.05) is 90.6 Å². The van der Waals surface area contributed by atoms with Crippen molar-refractivity contribution in [3.05, 3.63) is 107 Å². The van der Waals surface area contributed by atoms with Crippen molar-refractivity contribution in [1.29, 1.82) is 0 Å². The van der Waals surface area contributed by atoms with E-state index < -0.39 is 7.82 Å².